The smallest absolute Gasteiger partial charge is 0.253 e. The van der Waals surface area contributed by atoms with Crippen LogP contribution in [0.4, 0.5) is 11.4 Å². The number of aliphatic imine (C=N–C) groups is 1. The first-order valence-electron chi connectivity index (χ1n) is 12.5. The summed E-state index contributed by atoms with van der Waals surface area (Å²) in [4.78, 5) is 28.7. The Kier molecular flexibility index (Phi) is 7.59. The van der Waals surface area contributed by atoms with E-state index in [1.807, 2.05) is 43.4 Å². The number of guanidine groups is 1. The zero-order chi connectivity index (χ0) is 26.5. The lowest BCUT2D eigenvalue weighted by molar-refractivity contribution is 0.0953. The molecule has 0 fully saturated rings. The Bertz CT molecular complexity index is 1480. The molecule has 0 radical (unpaired) electrons. The van der Waals surface area contributed by atoms with Crippen molar-refractivity contribution in [2.75, 3.05) is 43.5 Å². The van der Waals surface area contributed by atoms with Crippen LogP contribution >= 0.6 is 0 Å². The molecule has 196 valence electrons. The number of rotatable bonds is 9. The summed E-state index contributed by atoms with van der Waals surface area (Å²) in [5.41, 5.74) is 6.90. The van der Waals surface area contributed by atoms with Crippen LogP contribution in [0, 0.1) is 0 Å². The summed E-state index contributed by atoms with van der Waals surface area (Å²) in [6.07, 6.45) is 1.55. The van der Waals surface area contributed by atoms with Gasteiger partial charge in [0.1, 0.15) is 16.9 Å². The first-order chi connectivity index (χ1) is 18.5. The molecule has 0 saturated carbocycles. The van der Waals surface area contributed by atoms with E-state index < -0.39 is 0 Å². The summed E-state index contributed by atoms with van der Waals surface area (Å²) in [5, 5.41) is 25.2. The maximum Gasteiger partial charge on any atom is 0.253 e. The van der Waals surface area contributed by atoms with Gasteiger partial charge in [-0.1, -0.05) is 30.3 Å². The third kappa shape index (κ3) is 5.49. The summed E-state index contributed by atoms with van der Waals surface area (Å²) in [5.74, 6) is -0.00520. The second kappa shape index (κ2) is 11.4. The predicted molar refractivity (Wildman–Crippen MR) is 147 cm³/mol. The molecule has 1 amide bonds. The van der Waals surface area contributed by atoms with Gasteiger partial charge >= 0.3 is 0 Å². The molecule has 4 aromatic rings. The van der Waals surface area contributed by atoms with E-state index in [1.165, 1.54) is 0 Å². The largest absolute Gasteiger partial charge is 0.352 e. The normalized spacial score (nSPS) is 14.3. The highest BCUT2D eigenvalue weighted by Crippen LogP contribution is 2.29. The van der Waals surface area contributed by atoms with E-state index in [1.54, 1.807) is 30.3 Å². The minimum atomic E-state index is -0.160. The maximum atomic E-state index is 12.9. The van der Waals surface area contributed by atoms with E-state index in [9.17, 15) is 15.2 Å². The van der Waals surface area contributed by atoms with Crippen LogP contribution in [-0.2, 0) is 0 Å². The van der Waals surface area contributed by atoms with Crippen molar-refractivity contribution in [2.24, 2.45) is 4.99 Å². The Morgan fingerprint density at radius 3 is 2.42 bits per heavy atom. The standard InChI is InChI=1S/C27H30N8O3/c1-33(18-8-16-29-27-32-35(38)24-14-5-4-13-23(24)34(27)37)17-7-15-28-26(36)19-9-6-12-22-25(19)31-21-11-3-2-10-20(21)30-22/h2-6,9-14,37-38H,7-8,15-18H2,1H3,(H,28,36)(H,29,32). The van der Waals surface area contributed by atoms with Crippen LogP contribution < -0.4 is 21.0 Å². The zero-order valence-corrected chi connectivity index (χ0v) is 21.1. The Morgan fingerprint density at radius 2 is 1.61 bits per heavy atom. The molecule has 2 heterocycles. The Morgan fingerprint density at radius 1 is 0.921 bits per heavy atom. The molecular formula is C27H30N8O3. The van der Waals surface area contributed by atoms with Crippen LogP contribution in [0.15, 0.2) is 71.7 Å². The molecule has 0 saturated heterocycles. The fraction of sp³-hybridized carbons (Fsp3) is 0.259. The number of benzene rings is 3. The molecule has 0 spiro atoms. The van der Waals surface area contributed by atoms with Gasteiger partial charge in [0.05, 0.1) is 22.1 Å². The molecule has 4 N–H and O–H groups in total. The quantitative estimate of drug-likeness (QED) is 0.197. The number of hydrazine groups is 1. The van der Waals surface area contributed by atoms with E-state index in [4.69, 9.17) is 0 Å². The molecule has 5 rings (SSSR count). The number of nitrogens with zero attached hydrogens (tertiary/aromatic N) is 6. The number of anilines is 2. The highest BCUT2D eigenvalue weighted by molar-refractivity contribution is 6.06. The average molecular weight is 515 g/mol. The molecule has 0 unspecified atom stereocenters. The van der Waals surface area contributed by atoms with Crippen LogP contribution in [0.25, 0.3) is 22.1 Å². The number of amides is 1. The van der Waals surface area contributed by atoms with Crippen LogP contribution in [0.2, 0.25) is 0 Å². The molecule has 0 bridgehead atoms. The van der Waals surface area contributed by atoms with Gasteiger partial charge < -0.3 is 10.2 Å². The van der Waals surface area contributed by atoms with E-state index in [-0.39, 0.29) is 11.9 Å². The van der Waals surface area contributed by atoms with E-state index in [2.05, 4.69) is 30.6 Å². The molecule has 3 aromatic carbocycles. The molecule has 1 aliphatic rings. The Balaban J connectivity index is 1.06. The first kappa shape index (κ1) is 25.3. The number of aromatic nitrogens is 2. The minimum Gasteiger partial charge on any atom is -0.352 e. The summed E-state index contributed by atoms with van der Waals surface area (Å²) < 4.78 is 0. The average Bonchev–Trinajstić information content (AvgIpc) is 2.94. The first-order valence-corrected chi connectivity index (χ1v) is 12.5. The van der Waals surface area contributed by atoms with Crippen molar-refractivity contribution in [1.82, 2.24) is 25.6 Å². The van der Waals surface area contributed by atoms with Gasteiger partial charge in [0.2, 0.25) is 5.96 Å². The number of carbonyl (C=O) groups excluding carboxylic acids is 1. The molecule has 11 heteroatoms. The highest BCUT2D eigenvalue weighted by atomic mass is 16.6. The van der Waals surface area contributed by atoms with E-state index >= 15 is 0 Å². The van der Waals surface area contributed by atoms with Crippen molar-refractivity contribution in [3.63, 3.8) is 0 Å². The fourth-order valence-electron chi connectivity index (χ4n) is 4.35. The van der Waals surface area contributed by atoms with Crippen molar-refractivity contribution in [3.05, 3.63) is 72.3 Å². The van der Waals surface area contributed by atoms with Crippen LogP contribution in [0.1, 0.15) is 23.2 Å². The number of hydroxylamine groups is 1. The number of para-hydroxylation sites is 5. The van der Waals surface area contributed by atoms with Crippen molar-refractivity contribution in [3.8, 4) is 0 Å². The summed E-state index contributed by atoms with van der Waals surface area (Å²) >= 11 is 0. The van der Waals surface area contributed by atoms with E-state index in [0.717, 1.165) is 47.2 Å². The molecule has 0 aliphatic carbocycles. The lowest BCUT2D eigenvalue weighted by Gasteiger charge is -2.32. The summed E-state index contributed by atoms with van der Waals surface area (Å²) in [6, 6.07) is 20.0. The molecular weight excluding hydrogens is 484 g/mol. The zero-order valence-electron chi connectivity index (χ0n) is 21.1. The van der Waals surface area contributed by atoms with Crippen LogP contribution in [0.3, 0.4) is 0 Å². The fourth-order valence-corrected chi connectivity index (χ4v) is 4.35. The van der Waals surface area contributed by atoms with Gasteiger partial charge in [-0.05, 0) is 69.4 Å². The maximum absolute atomic E-state index is 12.9. The van der Waals surface area contributed by atoms with Crippen LogP contribution in [-0.4, -0.2) is 70.4 Å². The number of nitrogens with one attached hydrogen (secondary N) is 2. The molecule has 1 aliphatic heterocycles. The van der Waals surface area contributed by atoms with Crippen LogP contribution in [0.5, 0.6) is 0 Å². The van der Waals surface area contributed by atoms with Gasteiger partial charge in [-0.2, -0.15) is 10.2 Å². The number of carbonyl (C=O) groups is 1. The van der Waals surface area contributed by atoms with E-state index in [0.29, 0.717) is 41.1 Å². The molecule has 11 nitrogen and oxygen atoms in total. The van der Waals surface area contributed by atoms with Crippen molar-refractivity contribution < 1.29 is 15.2 Å². The third-order valence-electron chi connectivity index (χ3n) is 6.32. The number of fused-ring (bicyclic) bond motifs is 3. The number of hydrogen-bond acceptors (Lipinski definition) is 8. The topological polar surface area (TPSA) is 129 Å². The van der Waals surface area contributed by atoms with Gasteiger partial charge in [0.25, 0.3) is 5.91 Å². The van der Waals surface area contributed by atoms with Gasteiger partial charge in [0, 0.05) is 13.1 Å². The summed E-state index contributed by atoms with van der Waals surface area (Å²) in [6.45, 7) is 2.60. The SMILES string of the molecule is CN(CCCN=C1NN(O)c2ccccc2N1O)CCCNC(=O)c1cccc2nc3ccccc3nc12. The number of hydrogen-bond donors (Lipinski definition) is 4. The summed E-state index contributed by atoms with van der Waals surface area (Å²) in [7, 11) is 2.02. The highest BCUT2D eigenvalue weighted by Gasteiger charge is 2.25. The molecule has 1 aromatic heterocycles. The van der Waals surface area contributed by atoms with Gasteiger partial charge in [-0.3, -0.25) is 15.2 Å². The van der Waals surface area contributed by atoms with Crippen molar-refractivity contribution in [2.45, 2.75) is 12.8 Å². The molecule has 0 atom stereocenters. The molecule has 38 heavy (non-hydrogen) atoms. The van der Waals surface area contributed by atoms with Gasteiger partial charge in [-0.25, -0.2) is 20.4 Å². The van der Waals surface area contributed by atoms with Gasteiger partial charge in [0.15, 0.2) is 0 Å². The van der Waals surface area contributed by atoms with Crippen molar-refractivity contribution in [1.29, 1.82) is 0 Å². The Hall–Kier alpha value is -4.32. The lowest BCUT2D eigenvalue weighted by Crippen LogP contribution is -2.52. The Labute approximate surface area is 219 Å². The second-order valence-corrected chi connectivity index (χ2v) is 9.08. The third-order valence-corrected chi connectivity index (χ3v) is 6.32. The van der Waals surface area contributed by atoms with Gasteiger partial charge in [-0.15, -0.1) is 0 Å². The lowest BCUT2D eigenvalue weighted by atomic mass is 10.1. The monoisotopic (exact) mass is 514 g/mol. The van der Waals surface area contributed by atoms with Crippen molar-refractivity contribution >= 4 is 45.3 Å². The second-order valence-electron chi connectivity index (χ2n) is 9.08. The minimum absolute atomic E-state index is 0.155. The predicted octanol–water partition coefficient (Wildman–Crippen LogP) is 3.19.